The number of ether oxygens (including phenoxy) is 1. The van der Waals surface area contributed by atoms with Crippen molar-refractivity contribution in [2.75, 3.05) is 31.6 Å². The van der Waals surface area contributed by atoms with Crippen molar-refractivity contribution in [2.45, 2.75) is 31.7 Å². The molecule has 0 radical (unpaired) electrons. The minimum atomic E-state index is -0.0904. The number of hydrogen-bond donors (Lipinski definition) is 2. The summed E-state index contributed by atoms with van der Waals surface area (Å²) >= 11 is 0. The summed E-state index contributed by atoms with van der Waals surface area (Å²) in [7, 11) is 0. The molecule has 2 aromatic heterocycles. The van der Waals surface area contributed by atoms with E-state index in [-0.39, 0.29) is 23.8 Å². The number of para-hydroxylation sites is 1. The lowest BCUT2D eigenvalue weighted by Gasteiger charge is -2.33. The molecule has 8 nitrogen and oxygen atoms in total. The molecular weight excluding hydrogens is 394 g/mol. The molecule has 0 bridgehead atoms. The fourth-order valence-corrected chi connectivity index (χ4v) is 4.59. The minimum Gasteiger partial charge on any atom is -0.381 e. The van der Waals surface area contributed by atoms with Crippen LogP contribution in [0.1, 0.15) is 30.9 Å². The van der Waals surface area contributed by atoms with Crippen molar-refractivity contribution < 1.29 is 14.3 Å². The Bertz CT molecular complexity index is 1070. The average molecular weight is 422 g/mol. The number of H-pyrrole nitrogens is 1. The monoisotopic (exact) mass is 421 g/mol. The van der Waals surface area contributed by atoms with Crippen LogP contribution < -0.4 is 5.32 Å². The Morgan fingerprint density at radius 1 is 1.16 bits per heavy atom. The number of amides is 2. The van der Waals surface area contributed by atoms with Crippen molar-refractivity contribution in [1.29, 1.82) is 0 Å². The number of piperidine rings is 1. The predicted molar refractivity (Wildman–Crippen MR) is 117 cm³/mol. The standard InChI is InChI=1S/C23H27N5O3/c29-22(13-17-14-24-20-4-2-1-3-19(17)20)27-10-6-18(7-11-27)28-21(5-9-25-28)26-23(30)16-8-12-31-15-16/h1-5,9,14,16,18,24H,6-8,10-13,15H2,(H,26,30). The van der Waals surface area contributed by atoms with Gasteiger partial charge in [0, 0.05) is 42.9 Å². The molecule has 1 aromatic carbocycles. The summed E-state index contributed by atoms with van der Waals surface area (Å²) in [5.74, 6) is 0.775. The molecule has 5 rings (SSSR count). The van der Waals surface area contributed by atoms with Crippen molar-refractivity contribution in [3.8, 4) is 0 Å². The summed E-state index contributed by atoms with van der Waals surface area (Å²) < 4.78 is 7.21. The smallest absolute Gasteiger partial charge is 0.231 e. The Labute approximate surface area is 180 Å². The van der Waals surface area contributed by atoms with Crippen LogP contribution in [-0.4, -0.2) is 57.8 Å². The number of anilines is 1. The number of aromatic nitrogens is 3. The first kappa shape index (κ1) is 19.8. The summed E-state index contributed by atoms with van der Waals surface area (Å²) in [6.07, 6.45) is 6.45. The van der Waals surface area contributed by atoms with Gasteiger partial charge in [-0.25, -0.2) is 4.68 Å². The predicted octanol–water partition coefficient (Wildman–Crippen LogP) is 2.75. The second-order valence-electron chi connectivity index (χ2n) is 8.36. The van der Waals surface area contributed by atoms with Crippen molar-refractivity contribution in [2.24, 2.45) is 5.92 Å². The van der Waals surface area contributed by atoms with Crippen molar-refractivity contribution in [3.05, 3.63) is 48.3 Å². The van der Waals surface area contributed by atoms with E-state index in [1.807, 2.05) is 46.1 Å². The molecule has 4 heterocycles. The first-order valence-electron chi connectivity index (χ1n) is 10.9. The van der Waals surface area contributed by atoms with Gasteiger partial charge >= 0.3 is 0 Å². The zero-order valence-corrected chi connectivity index (χ0v) is 17.4. The van der Waals surface area contributed by atoms with E-state index in [0.29, 0.717) is 32.7 Å². The van der Waals surface area contributed by atoms with Gasteiger partial charge in [0.05, 0.1) is 31.2 Å². The number of hydrogen-bond acceptors (Lipinski definition) is 4. The van der Waals surface area contributed by atoms with E-state index in [9.17, 15) is 9.59 Å². The maximum absolute atomic E-state index is 12.9. The molecule has 1 unspecified atom stereocenters. The van der Waals surface area contributed by atoms with Gasteiger partial charge in [-0.2, -0.15) is 5.10 Å². The molecule has 2 fully saturated rings. The quantitative estimate of drug-likeness (QED) is 0.663. The molecule has 0 aliphatic carbocycles. The van der Waals surface area contributed by atoms with Gasteiger partial charge in [0.2, 0.25) is 11.8 Å². The van der Waals surface area contributed by atoms with Crippen LogP contribution in [0.15, 0.2) is 42.7 Å². The van der Waals surface area contributed by atoms with Crippen LogP contribution in [0.4, 0.5) is 5.82 Å². The average Bonchev–Trinajstić information content (AvgIpc) is 3.56. The van der Waals surface area contributed by atoms with Gasteiger partial charge in [0.15, 0.2) is 0 Å². The normalized spacial score (nSPS) is 19.7. The van der Waals surface area contributed by atoms with Gasteiger partial charge < -0.3 is 19.9 Å². The Morgan fingerprint density at radius 3 is 2.81 bits per heavy atom. The third kappa shape index (κ3) is 4.07. The van der Waals surface area contributed by atoms with E-state index >= 15 is 0 Å². The Hall–Kier alpha value is -3.13. The summed E-state index contributed by atoms with van der Waals surface area (Å²) in [6, 6.07) is 10.1. The first-order valence-corrected chi connectivity index (χ1v) is 10.9. The number of carbonyl (C=O) groups is 2. The first-order chi connectivity index (χ1) is 15.2. The van der Waals surface area contributed by atoms with E-state index in [0.717, 1.165) is 41.5 Å². The molecule has 2 N–H and O–H groups in total. The molecule has 2 aliphatic rings. The van der Waals surface area contributed by atoms with Crippen LogP contribution in [-0.2, 0) is 20.7 Å². The van der Waals surface area contributed by atoms with Crippen LogP contribution in [0.25, 0.3) is 10.9 Å². The third-order valence-electron chi connectivity index (χ3n) is 6.40. The Morgan fingerprint density at radius 2 is 2.00 bits per heavy atom. The largest absolute Gasteiger partial charge is 0.381 e. The van der Waals surface area contributed by atoms with Crippen LogP contribution in [0.5, 0.6) is 0 Å². The van der Waals surface area contributed by atoms with Gasteiger partial charge in [-0.05, 0) is 30.9 Å². The van der Waals surface area contributed by atoms with E-state index < -0.39 is 0 Å². The number of rotatable bonds is 5. The van der Waals surface area contributed by atoms with E-state index in [1.165, 1.54) is 0 Å². The van der Waals surface area contributed by atoms with Crippen molar-refractivity contribution >= 4 is 28.5 Å². The van der Waals surface area contributed by atoms with E-state index in [2.05, 4.69) is 15.4 Å². The van der Waals surface area contributed by atoms with Gasteiger partial charge in [0.25, 0.3) is 0 Å². The van der Waals surface area contributed by atoms with Gasteiger partial charge in [-0.3, -0.25) is 9.59 Å². The molecule has 31 heavy (non-hydrogen) atoms. The van der Waals surface area contributed by atoms with E-state index in [1.54, 1.807) is 6.20 Å². The third-order valence-corrected chi connectivity index (χ3v) is 6.40. The fourth-order valence-electron chi connectivity index (χ4n) is 4.59. The molecule has 1 atom stereocenters. The van der Waals surface area contributed by atoms with E-state index in [4.69, 9.17) is 4.74 Å². The Kier molecular flexibility index (Phi) is 5.46. The van der Waals surface area contributed by atoms with Crippen LogP contribution in [0.2, 0.25) is 0 Å². The van der Waals surface area contributed by atoms with Gasteiger partial charge in [-0.15, -0.1) is 0 Å². The van der Waals surface area contributed by atoms with Gasteiger partial charge in [0.1, 0.15) is 5.82 Å². The molecule has 162 valence electrons. The number of fused-ring (bicyclic) bond motifs is 1. The SMILES string of the molecule is O=C(Nc1ccnn1C1CCN(C(=O)Cc2c[nH]c3ccccc23)CC1)C1CCOC1. The lowest BCUT2D eigenvalue weighted by Crippen LogP contribution is -2.40. The second-order valence-corrected chi connectivity index (χ2v) is 8.36. The summed E-state index contributed by atoms with van der Waals surface area (Å²) in [6.45, 7) is 2.50. The maximum Gasteiger partial charge on any atom is 0.231 e. The van der Waals surface area contributed by atoms with Gasteiger partial charge in [-0.1, -0.05) is 18.2 Å². The highest BCUT2D eigenvalue weighted by Gasteiger charge is 2.28. The van der Waals surface area contributed by atoms with Crippen LogP contribution in [0.3, 0.4) is 0 Å². The molecule has 3 aromatic rings. The summed E-state index contributed by atoms with van der Waals surface area (Å²) in [4.78, 5) is 30.5. The highest BCUT2D eigenvalue weighted by Crippen LogP contribution is 2.27. The molecule has 2 saturated heterocycles. The highest BCUT2D eigenvalue weighted by atomic mass is 16.5. The molecular formula is C23H27N5O3. The number of benzene rings is 1. The summed E-state index contributed by atoms with van der Waals surface area (Å²) in [5.41, 5.74) is 2.09. The fraction of sp³-hybridized carbons (Fsp3) is 0.435. The highest BCUT2D eigenvalue weighted by molar-refractivity contribution is 5.92. The minimum absolute atomic E-state index is 0.00871. The number of carbonyl (C=O) groups excluding carboxylic acids is 2. The number of likely N-dealkylation sites (tertiary alicyclic amines) is 1. The van der Waals surface area contributed by atoms with Crippen LogP contribution >= 0.6 is 0 Å². The second kappa shape index (κ2) is 8.55. The molecule has 0 spiro atoms. The molecule has 0 saturated carbocycles. The maximum atomic E-state index is 12.9. The van der Waals surface area contributed by atoms with Crippen molar-refractivity contribution in [3.63, 3.8) is 0 Å². The number of nitrogens with one attached hydrogen (secondary N) is 2. The van der Waals surface area contributed by atoms with Crippen LogP contribution in [0, 0.1) is 5.92 Å². The molecule has 2 aliphatic heterocycles. The van der Waals surface area contributed by atoms with Crippen molar-refractivity contribution in [1.82, 2.24) is 19.7 Å². The molecule has 2 amide bonds. The lowest BCUT2D eigenvalue weighted by atomic mass is 10.0. The summed E-state index contributed by atoms with van der Waals surface area (Å²) in [5, 5.41) is 8.56. The topological polar surface area (TPSA) is 92.3 Å². The zero-order valence-electron chi connectivity index (χ0n) is 17.4. The number of nitrogens with zero attached hydrogens (tertiary/aromatic N) is 3. The molecule has 8 heteroatoms. The zero-order chi connectivity index (χ0) is 21.2. The lowest BCUT2D eigenvalue weighted by molar-refractivity contribution is -0.131. The number of aromatic amines is 1. The Balaban J connectivity index is 1.18.